The van der Waals surface area contributed by atoms with Crippen LogP contribution in [0.15, 0.2) is 0 Å². The molecule has 0 aliphatic heterocycles. The van der Waals surface area contributed by atoms with Crippen molar-refractivity contribution >= 4 is 31.1 Å². The second-order valence-electron chi connectivity index (χ2n) is 5.35. The van der Waals surface area contributed by atoms with Gasteiger partial charge in [0.15, 0.2) is 0 Å². The maximum atomic E-state index is 5.76. The third-order valence-corrected chi connectivity index (χ3v) is 6.84. The highest BCUT2D eigenvalue weighted by atomic mass is 27.2. The lowest BCUT2D eigenvalue weighted by Crippen LogP contribution is -2.37. The van der Waals surface area contributed by atoms with Crippen LogP contribution in [0.5, 0.6) is 0 Å². The van der Waals surface area contributed by atoms with Crippen LogP contribution < -0.4 is 0 Å². The molecule has 0 aromatic carbocycles. The average Bonchev–Trinajstić information content (AvgIpc) is 1.56. The van der Waals surface area contributed by atoms with Crippen LogP contribution in [0.3, 0.4) is 0 Å². The van der Waals surface area contributed by atoms with Crippen LogP contribution in [0.25, 0.3) is 0 Å². The van der Waals surface area contributed by atoms with E-state index in [2.05, 4.69) is 41.5 Å². The predicted octanol–water partition coefficient (Wildman–Crippen LogP) is 2.14. The number of hydrogen-bond acceptors (Lipinski definition) is 1. The van der Waals surface area contributed by atoms with Crippen LogP contribution in [-0.2, 0) is 2.84 Å². The monoisotopic (exact) mass is 186 g/mol. The summed E-state index contributed by atoms with van der Waals surface area (Å²) in [6.45, 7) is 13.8. The fraction of sp³-hybridized carbons (Fsp3) is 1.00. The van der Waals surface area contributed by atoms with Gasteiger partial charge in [0.2, 0.25) is 0 Å². The second-order valence-corrected chi connectivity index (χ2v) is 11.5. The quantitative estimate of drug-likeness (QED) is 0.570. The molecule has 0 aromatic heterocycles. The summed E-state index contributed by atoms with van der Waals surface area (Å²) in [6.07, 6.45) is 0. The average molecular weight is 186 g/mol. The van der Waals surface area contributed by atoms with E-state index in [1.807, 2.05) is 0 Å². The maximum Gasteiger partial charge on any atom is 0.441 e. The van der Waals surface area contributed by atoms with E-state index >= 15 is 0 Å². The van der Waals surface area contributed by atoms with E-state index in [0.717, 1.165) is 16.6 Å². The molecule has 0 unspecified atom stereocenters. The second kappa shape index (κ2) is 3.82. The third kappa shape index (κ3) is 3.98. The Hall–Kier alpha value is 1.02. The highest BCUT2D eigenvalue weighted by Crippen LogP contribution is 2.41. The molecule has 0 spiro atoms. The van der Waals surface area contributed by atoms with Crippen molar-refractivity contribution in [2.75, 3.05) is 0 Å². The lowest BCUT2D eigenvalue weighted by molar-refractivity contribution is 0.490. The van der Waals surface area contributed by atoms with Gasteiger partial charge in [-0.15, -0.1) is 0 Å². The summed E-state index contributed by atoms with van der Waals surface area (Å²) in [7, 11) is 0. The van der Waals surface area contributed by atoms with Crippen molar-refractivity contribution in [3.05, 3.63) is 0 Å². The molecule has 0 aliphatic rings. The zero-order valence-electron chi connectivity index (χ0n) is 8.99. The number of hydrogen-bond donors (Lipinski definition) is 0. The van der Waals surface area contributed by atoms with Crippen LogP contribution in [0, 0.1) is 0 Å². The smallest absolute Gasteiger partial charge is 0.441 e. The molecule has 0 saturated carbocycles. The first-order chi connectivity index (χ1) is 4.69. The van der Waals surface area contributed by atoms with E-state index in [9.17, 15) is 0 Å². The van der Waals surface area contributed by atoms with Crippen LogP contribution >= 0.6 is 0 Å². The molecule has 0 aliphatic carbocycles. The molecule has 1 nitrogen and oxygen atoms in total. The van der Waals surface area contributed by atoms with Gasteiger partial charge in [0.05, 0.1) is 0 Å². The van der Waals surface area contributed by atoms with Gasteiger partial charge in [0.25, 0.3) is 0 Å². The topological polar surface area (TPSA) is 9.23 Å². The Morgan fingerprint density at radius 2 is 1.18 bits per heavy atom. The molecule has 0 N–H and O–H groups in total. The molecule has 0 rings (SSSR count). The van der Waals surface area contributed by atoms with Gasteiger partial charge in [-0.25, -0.2) is 0 Å². The molecule has 11 heavy (non-hydrogen) atoms. The van der Waals surface area contributed by atoms with E-state index in [1.165, 1.54) is 0 Å². The Morgan fingerprint density at radius 3 is 1.18 bits per heavy atom. The Balaban J connectivity index is 4.43. The van der Waals surface area contributed by atoms with Crippen molar-refractivity contribution < 1.29 is 2.84 Å². The van der Waals surface area contributed by atoms with Gasteiger partial charge in [0.1, 0.15) is 0 Å². The molecular weight excluding hydrogens is 166 g/mol. The predicted molar refractivity (Wildman–Crippen MR) is 54.8 cm³/mol. The minimum Gasteiger partial charge on any atom is -0.641 e. The minimum absolute atomic E-state index is 0.403. The van der Waals surface area contributed by atoms with Gasteiger partial charge in [-0.2, -0.15) is 0 Å². The van der Waals surface area contributed by atoms with E-state index in [1.54, 1.807) is 0 Å². The van der Waals surface area contributed by atoms with Crippen molar-refractivity contribution in [1.82, 2.24) is 0 Å². The molecule has 0 atom stereocenters. The summed E-state index contributed by atoms with van der Waals surface area (Å²) in [5.74, 6) is 0. The van der Waals surface area contributed by atoms with Gasteiger partial charge < -0.3 is 2.84 Å². The van der Waals surface area contributed by atoms with Crippen molar-refractivity contribution in [2.24, 2.45) is 0 Å². The zero-order valence-corrected chi connectivity index (χ0v) is 12.1. The van der Waals surface area contributed by atoms with Crippen molar-refractivity contribution in [3.63, 3.8) is 0 Å². The van der Waals surface area contributed by atoms with Crippen molar-refractivity contribution in [1.29, 1.82) is 0 Å². The normalized spacial score (nSPS) is 13.3. The van der Waals surface area contributed by atoms with E-state index in [-0.39, 0.29) is 0 Å². The van der Waals surface area contributed by atoms with Crippen molar-refractivity contribution in [2.45, 2.75) is 50.1 Å². The lowest BCUT2D eigenvalue weighted by Gasteiger charge is -2.35. The zero-order chi connectivity index (χ0) is 9.28. The highest BCUT2D eigenvalue weighted by Gasteiger charge is 2.42. The van der Waals surface area contributed by atoms with Crippen LogP contribution in [0.1, 0.15) is 41.5 Å². The lowest BCUT2D eigenvalue weighted by atomic mass is 10.2. The molecule has 0 bridgehead atoms. The Bertz CT molecular complexity index is 107. The van der Waals surface area contributed by atoms with Crippen LogP contribution in [0.2, 0.25) is 8.55 Å². The molecule has 0 aromatic rings. The summed E-state index contributed by atoms with van der Waals surface area (Å²) in [5.41, 5.74) is 0. The first-order valence-electron chi connectivity index (χ1n) is 4.22. The summed E-state index contributed by atoms with van der Waals surface area (Å²) < 4.78 is 6.56. The van der Waals surface area contributed by atoms with Gasteiger partial charge in [0, 0.05) is 0 Å². The summed E-state index contributed by atoms with van der Waals surface area (Å²) in [6, 6.07) is 0. The van der Waals surface area contributed by atoms with Crippen LogP contribution in [0.4, 0.5) is 0 Å². The minimum atomic E-state index is -1.03. The van der Waals surface area contributed by atoms with E-state index in [0.29, 0.717) is 8.55 Å². The first kappa shape index (κ1) is 12.0. The number of rotatable bonds is 1. The standard InChI is InChI=1S/2C4H9.2Al.O.2H/c2*1-4(2)3;;;;;/h2*1-3H3;;;;;. The van der Waals surface area contributed by atoms with E-state index < -0.39 is 14.5 Å². The Kier molecular flexibility index (Phi) is 4.18. The van der Waals surface area contributed by atoms with Crippen LogP contribution in [-0.4, -0.2) is 31.1 Å². The molecular formula is C8H20Al2O. The fourth-order valence-corrected chi connectivity index (χ4v) is 10.3. The van der Waals surface area contributed by atoms with Crippen molar-refractivity contribution in [3.8, 4) is 0 Å². The Labute approximate surface area is 84.0 Å². The summed E-state index contributed by atoms with van der Waals surface area (Å²) in [4.78, 5) is 0. The molecule has 0 heterocycles. The molecule has 64 valence electrons. The molecule has 0 saturated heterocycles. The molecule has 0 amide bonds. The highest BCUT2D eigenvalue weighted by molar-refractivity contribution is 6.61. The SMILES string of the molecule is C[C](C)(C)[Al]([O][AlH2])[C](C)(C)C. The molecule has 3 heteroatoms. The third-order valence-electron chi connectivity index (χ3n) is 1.81. The molecule has 0 radical (unpaired) electrons. The first-order valence-corrected chi connectivity index (χ1v) is 6.66. The Morgan fingerprint density at radius 1 is 0.909 bits per heavy atom. The fourth-order valence-electron chi connectivity index (χ4n) is 2.01. The largest absolute Gasteiger partial charge is 0.641 e. The van der Waals surface area contributed by atoms with Gasteiger partial charge in [-0.3, -0.25) is 0 Å². The van der Waals surface area contributed by atoms with Gasteiger partial charge >= 0.3 is 31.1 Å². The van der Waals surface area contributed by atoms with Gasteiger partial charge in [-0.1, -0.05) is 50.1 Å². The van der Waals surface area contributed by atoms with Gasteiger partial charge in [-0.05, 0) is 0 Å². The maximum absolute atomic E-state index is 5.76. The summed E-state index contributed by atoms with van der Waals surface area (Å²) >= 11 is -0.132. The summed E-state index contributed by atoms with van der Waals surface area (Å²) in [5, 5.41) is 0. The molecule has 0 fully saturated rings. The van der Waals surface area contributed by atoms with E-state index in [4.69, 9.17) is 2.84 Å².